The summed E-state index contributed by atoms with van der Waals surface area (Å²) in [5.74, 6) is 0.941. The number of hydrogen-bond acceptors (Lipinski definition) is 2. The van der Waals surface area contributed by atoms with Gasteiger partial charge in [0.2, 0.25) is 0 Å². The van der Waals surface area contributed by atoms with Gasteiger partial charge in [0.25, 0.3) is 0 Å². The molecule has 1 aliphatic carbocycles. The number of rotatable bonds is 1. The molecule has 0 unspecified atom stereocenters. The first-order valence-electron chi connectivity index (χ1n) is 5.35. The predicted molar refractivity (Wildman–Crippen MR) is 51.0 cm³/mol. The summed E-state index contributed by atoms with van der Waals surface area (Å²) in [5.41, 5.74) is 5.95. The summed E-state index contributed by atoms with van der Waals surface area (Å²) in [5, 5.41) is 3.61. The van der Waals surface area contributed by atoms with Crippen molar-refractivity contribution in [2.75, 3.05) is 6.54 Å². The predicted octanol–water partition coefficient (Wildman–Crippen LogP) is 1.26. The SMILES string of the molecule is N[C@H]1CCN[C@H](C2CCCC2)C1. The van der Waals surface area contributed by atoms with Crippen LogP contribution in [0.4, 0.5) is 0 Å². The van der Waals surface area contributed by atoms with Gasteiger partial charge in [0, 0.05) is 12.1 Å². The Bertz CT molecular complexity index is 141. The van der Waals surface area contributed by atoms with Gasteiger partial charge in [-0.1, -0.05) is 12.8 Å². The van der Waals surface area contributed by atoms with Crippen LogP contribution in [0.25, 0.3) is 0 Å². The average Bonchev–Trinajstić information content (AvgIpc) is 2.56. The van der Waals surface area contributed by atoms with Crippen LogP contribution in [0.15, 0.2) is 0 Å². The molecule has 2 atom stereocenters. The molecule has 2 heteroatoms. The van der Waals surface area contributed by atoms with Crippen molar-refractivity contribution in [3.8, 4) is 0 Å². The van der Waals surface area contributed by atoms with Gasteiger partial charge in [0.15, 0.2) is 0 Å². The first-order chi connectivity index (χ1) is 5.86. The Morgan fingerprint density at radius 1 is 1.08 bits per heavy atom. The fourth-order valence-electron chi connectivity index (χ4n) is 2.70. The van der Waals surface area contributed by atoms with E-state index in [0.717, 1.165) is 18.5 Å². The molecule has 0 bridgehead atoms. The molecule has 0 spiro atoms. The molecule has 1 heterocycles. The second kappa shape index (κ2) is 3.75. The maximum absolute atomic E-state index is 5.95. The Morgan fingerprint density at radius 2 is 1.83 bits per heavy atom. The highest BCUT2D eigenvalue weighted by Gasteiger charge is 2.28. The van der Waals surface area contributed by atoms with Crippen LogP contribution in [0.1, 0.15) is 38.5 Å². The maximum atomic E-state index is 5.95. The van der Waals surface area contributed by atoms with Crippen LogP contribution in [0.5, 0.6) is 0 Å². The highest BCUT2D eigenvalue weighted by Crippen LogP contribution is 2.30. The fraction of sp³-hybridized carbons (Fsp3) is 1.00. The lowest BCUT2D eigenvalue weighted by molar-refractivity contribution is 0.276. The number of nitrogens with two attached hydrogens (primary N) is 1. The lowest BCUT2D eigenvalue weighted by Gasteiger charge is -2.32. The van der Waals surface area contributed by atoms with Gasteiger partial charge in [-0.05, 0) is 38.1 Å². The quantitative estimate of drug-likeness (QED) is 0.618. The summed E-state index contributed by atoms with van der Waals surface area (Å²) in [4.78, 5) is 0. The maximum Gasteiger partial charge on any atom is 0.0110 e. The van der Waals surface area contributed by atoms with E-state index in [1.54, 1.807) is 0 Å². The van der Waals surface area contributed by atoms with E-state index >= 15 is 0 Å². The number of piperidine rings is 1. The van der Waals surface area contributed by atoms with E-state index in [2.05, 4.69) is 5.32 Å². The molecule has 0 amide bonds. The van der Waals surface area contributed by atoms with Gasteiger partial charge < -0.3 is 11.1 Å². The lowest BCUT2D eigenvalue weighted by Crippen LogP contribution is -2.46. The van der Waals surface area contributed by atoms with Crippen LogP contribution in [-0.4, -0.2) is 18.6 Å². The van der Waals surface area contributed by atoms with E-state index in [1.165, 1.54) is 38.5 Å². The highest BCUT2D eigenvalue weighted by atomic mass is 14.9. The molecule has 12 heavy (non-hydrogen) atoms. The van der Waals surface area contributed by atoms with E-state index in [4.69, 9.17) is 5.73 Å². The van der Waals surface area contributed by atoms with Gasteiger partial charge in [-0.3, -0.25) is 0 Å². The molecule has 2 aliphatic rings. The summed E-state index contributed by atoms with van der Waals surface area (Å²) >= 11 is 0. The third-order valence-corrected chi connectivity index (χ3v) is 3.45. The van der Waals surface area contributed by atoms with Crippen LogP contribution in [0.3, 0.4) is 0 Å². The van der Waals surface area contributed by atoms with Crippen molar-refractivity contribution in [1.29, 1.82) is 0 Å². The number of hydrogen-bond donors (Lipinski definition) is 2. The Morgan fingerprint density at radius 3 is 2.50 bits per heavy atom. The van der Waals surface area contributed by atoms with Gasteiger partial charge >= 0.3 is 0 Å². The van der Waals surface area contributed by atoms with Crippen LogP contribution < -0.4 is 11.1 Å². The molecule has 2 fully saturated rings. The van der Waals surface area contributed by atoms with Gasteiger partial charge in [-0.2, -0.15) is 0 Å². The first kappa shape index (κ1) is 8.52. The zero-order valence-corrected chi connectivity index (χ0v) is 7.76. The fourth-order valence-corrected chi connectivity index (χ4v) is 2.70. The van der Waals surface area contributed by atoms with Crippen molar-refractivity contribution in [3.05, 3.63) is 0 Å². The summed E-state index contributed by atoms with van der Waals surface area (Å²) < 4.78 is 0. The average molecular weight is 168 g/mol. The largest absolute Gasteiger partial charge is 0.328 e. The molecule has 0 aromatic carbocycles. The Labute approximate surface area is 74.9 Å². The molecule has 2 rings (SSSR count). The van der Waals surface area contributed by atoms with Crippen LogP contribution in [0.2, 0.25) is 0 Å². The molecule has 1 saturated carbocycles. The lowest BCUT2D eigenvalue weighted by atomic mass is 9.89. The summed E-state index contributed by atoms with van der Waals surface area (Å²) in [6, 6.07) is 1.22. The summed E-state index contributed by atoms with van der Waals surface area (Å²) in [7, 11) is 0. The smallest absolute Gasteiger partial charge is 0.0110 e. The van der Waals surface area contributed by atoms with Crippen LogP contribution >= 0.6 is 0 Å². The first-order valence-corrected chi connectivity index (χ1v) is 5.35. The number of nitrogens with one attached hydrogen (secondary N) is 1. The molecule has 3 N–H and O–H groups in total. The molecular formula is C10H20N2. The van der Waals surface area contributed by atoms with Crippen LogP contribution in [0, 0.1) is 5.92 Å². The second-order valence-corrected chi connectivity index (χ2v) is 4.39. The minimum absolute atomic E-state index is 0.469. The Balaban J connectivity index is 1.85. The monoisotopic (exact) mass is 168 g/mol. The van der Waals surface area contributed by atoms with Gasteiger partial charge in [0.05, 0.1) is 0 Å². The Hall–Kier alpha value is -0.0800. The van der Waals surface area contributed by atoms with E-state index in [1.807, 2.05) is 0 Å². The van der Waals surface area contributed by atoms with Crippen molar-refractivity contribution in [2.24, 2.45) is 11.7 Å². The normalized spacial score (nSPS) is 38.8. The van der Waals surface area contributed by atoms with Gasteiger partial charge in [-0.25, -0.2) is 0 Å². The minimum Gasteiger partial charge on any atom is -0.328 e. The molecule has 0 aromatic heterocycles. The minimum atomic E-state index is 0.469. The second-order valence-electron chi connectivity index (χ2n) is 4.39. The van der Waals surface area contributed by atoms with Crippen LogP contribution in [-0.2, 0) is 0 Å². The van der Waals surface area contributed by atoms with Crippen molar-refractivity contribution < 1.29 is 0 Å². The molecule has 0 radical (unpaired) electrons. The summed E-state index contributed by atoms with van der Waals surface area (Å²) in [6.45, 7) is 1.14. The van der Waals surface area contributed by atoms with Gasteiger partial charge in [-0.15, -0.1) is 0 Å². The molecular weight excluding hydrogens is 148 g/mol. The molecule has 1 saturated heterocycles. The summed E-state index contributed by atoms with van der Waals surface area (Å²) in [6.07, 6.45) is 8.14. The van der Waals surface area contributed by atoms with E-state index in [-0.39, 0.29) is 0 Å². The third-order valence-electron chi connectivity index (χ3n) is 3.45. The topological polar surface area (TPSA) is 38.0 Å². The van der Waals surface area contributed by atoms with Gasteiger partial charge in [0.1, 0.15) is 0 Å². The van der Waals surface area contributed by atoms with E-state index in [0.29, 0.717) is 6.04 Å². The van der Waals surface area contributed by atoms with Crippen molar-refractivity contribution >= 4 is 0 Å². The van der Waals surface area contributed by atoms with E-state index in [9.17, 15) is 0 Å². The molecule has 1 aliphatic heterocycles. The third kappa shape index (κ3) is 1.80. The van der Waals surface area contributed by atoms with Crippen molar-refractivity contribution in [3.63, 3.8) is 0 Å². The molecule has 2 nitrogen and oxygen atoms in total. The standard InChI is InChI=1S/C10H20N2/c11-9-5-6-12-10(7-9)8-3-1-2-4-8/h8-10,12H,1-7,11H2/t9-,10-/m0/s1. The van der Waals surface area contributed by atoms with E-state index < -0.39 is 0 Å². The zero-order chi connectivity index (χ0) is 8.39. The highest BCUT2D eigenvalue weighted by molar-refractivity contribution is 4.87. The van der Waals surface area contributed by atoms with Crippen molar-refractivity contribution in [2.45, 2.75) is 50.6 Å². The molecule has 70 valence electrons. The zero-order valence-electron chi connectivity index (χ0n) is 7.76. The Kier molecular flexibility index (Phi) is 2.66. The van der Waals surface area contributed by atoms with Crippen molar-refractivity contribution in [1.82, 2.24) is 5.32 Å². The molecule has 0 aromatic rings.